The zero-order valence-electron chi connectivity index (χ0n) is 20.4. The van der Waals surface area contributed by atoms with E-state index in [-0.39, 0.29) is 0 Å². The summed E-state index contributed by atoms with van der Waals surface area (Å²) >= 11 is 0. The monoisotopic (exact) mass is 463 g/mol. The molecule has 0 amide bonds. The molecule has 0 spiro atoms. The van der Waals surface area contributed by atoms with E-state index < -0.39 is 0 Å². The molecule has 7 nitrogen and oxygen atoms in total. The summed E-state index contributed by atoms with van der Waals surface area (Å²) in [5, 5.41) is 8.88. The van der Waals surface area contributed by atoms with Crippen molar-refractivity contribution in [3.8, 4) is 5.88 Å². The molecular formula is C27H37N5O2. The Morgan fingerprint density at radius 3 is 2.82 bits per heavy atom. The number of azo groups is 1. The van der Waals surface area contributed by atoms with Gasteiger partial charge < -0.3 is 14.4 Å². The molecule has 3 fully saturated rings. The fourth-order valence-electron chi connectivity index (χ4n) is 5.66. The van der Waals surface area contributed by atoms with Gasteiger partial charge in [0.1, 0.15) is 6.61 Å². The fourth-order valence-corrected chi connectivity index (χ4v) is 5.66. The molecule has 1 aromatic carbocycles. The summed E-state index contributed by atoms with van der Waals surface area (Å²) in [4.78, 5) is 9.61. The molecule has 2 atom stereocenters. The molecule has 2 aromatic rings. The van der Waals surface area contributed by atoms with Crippen molar-refractivity contribution in [1.82, 2.24) is 9.88 Å². The predicted molar refractivity (Wildman–Crippen MR) is 134 cm³/mol. The van der Waals surface area contributed by atoms with Gasteiger partial charge >= 0.3 is 0 Å². The average Bonchev–Trinajstić information content (AvgIpc) is 3.28. The molecule has 2 saturated heterocycles. The Kier molecular flexibility index (Phi) is 7.71. The molecule has 7 heteroatoms. The minimum atomic E-state index is 0.541. The summed E-state index contributed by atoms with van der Waals surface area (Å²) in [7, 11) is 0. The lowest BCUT2D eigenvalue weighted by Gasteiger charge is -2.31. The largest absolute Gasteiger partial charge is 0.476 e. The normalized spacial score (nSPS) is 23.4. The quantitative estimate of drug-likeness (QED) is 0.507. The Bertz CT molecular complexity index is 975. The number of aromatic nitrogens is 1. The maximum atomic E-state index is 6.19. The number of hydrogen-bond donors (Lipinski definition) is 0. The van der Waals surface area contributed by atoms with Crippen molar-refractivity contribution in [2.75, 3.05) is 50.9 Å². The van der Waals surface area contributed by atoms with Gasteiger partial charge in [-0.05, 0) is 44.2 Å². The minimum Gasteiger partial charge on any atom is -0.476 e. The van der Waals surface area contributed by atoms with Crippen LogP contribution in [0.25, 0.3) is 0 Å². The topological polar surface area (TPSA) is 62.6 Å². The van der Waals surface area contributed by atoms with E-state index in [0.717, 1.165) is 56.1 Å². The van der Waals surface area contributed by atoms with Crippen molar-refractivity contribution >= 4 is 11.5 Å². The van der Waals surface area contributed by atoms with E-state index in [1.807, 2.05) is 12.1 Å². The van der Waals surface area contributed by atoms with E-state index >= 15 is 0 Å². The molecule has 5 rings (SSSR count). The third kappa shape index (κ3) is 5.94. The van der Waals surface area contributed by atoms with Gasteiger partial charge in [0.05, 0.1) is 19.8 Å². The van der Waals surface area contributed by atoms with Crippen LogP contribution in [0, 0.1) is 12.8 Å². The first-order chi connectivity index (χ1) is 16.7. The number of morpholine rings is 1. The highest BCUT2D eigenvalue weighted by molar-refractivity contribution is 5.55. The lowest BCUT2D eigenvalue weighted by molar-refractivity contribution is 0.122. The molecule has 34 heavy (non-hydrogen) atoms. The molecule has 3 aliphatic rings. The standard InChI is InChI=1S/C27H37N5O2/c1-21-5-4-6-22(17-21)20-28-30-26-18-24(31-11-14-33-15-12-31)19-27(29-26)34-16-13-32-10-9-23-7-2-3-8-25(23)32/h4-6,17-19,23,25H,2-3,7-16,20H2,1H3. The van der Waals surface area contributed by atoms with Crippen molar-refractivity contribution in [1.29, 1.82) is 0 Å². The first-order valence-electron chi connectivity index (χ1n) is 12.9. The van der Waals surface area contributed by atoms with Gasteiger partial charge in [-0.3, -0.25) is 4.90 Å². The van der Waals surface area contributed by atoms with Crippen molar-refractivity contribution in [3.05, 3.63) is 47.5 Å². The van der Waals surface area contributed by atoms with Crippen molar-refractivity contribution in [2.45, 2.75) is 51.6 Å². The predicted octanol–water partition coefficient (Wildman–Crippen LogP) is 5.15. The highest BCUT2D eigenvalue weighted by Gasteiger charge is 2.35. The minimum absolute atomic E-state index is 0.541. The van der Waals surface area contributed by atoms with Crippen LogP contribution >= 0.6 is 0 Å². The molecule has 0 N–H and O–H groups in total. The third-order valence-corrected chi connectivity index (χ3v) is 7.41. The number of ether oxygens (including phenoxy) is 2. The molecular weight excluding hydrogens is 426 g/mol. The van der Waals surface area contributed by atoms with Crippen LogP contribution in [-0.4, -0.2) is 61.9 Å². The van der Waals surface area contributed by atoms with Crippen LogP contribution < -0.4 is 9.64 Å². The van der Waals surface area contributed by atoms with Crippen LogP contribution in [0.4, 0.5) is 11.5 Å². The second kappa shape index (κ2) is 11.3. The van der Waals surface area contributed by atoms with Crippen LogP contribution in [0.2, 0.25) is 0 Å². The number of aryl methyl sites for hydroxylation is 1. The van der Waals surface area contributed by atoms with Gasteiger partial charge in [0.2, 0.25) is 5.88 Å². The van der Waals surface area contributed by atoms with Crippen molar-refractivity contribution in [3.63, 3.8) is 0 Å². The molecule has 2 unspecified atom stereocenters. The highest BCUT2D eigenvalue weighted by Crippen LogP contribution is 2.36. The van der Waals surface area contributed by atoms with E-state index in [1.54, 1.807) is 0 Å². The number of nitrogens with zero attached hydrogens (tertiary/aromatic N) is 5. The number of likely N-dealkylation sites (tertiary alicyclic amines) is 1. The Balaban J connectivity index is 1.25. The number of fused-ring (bicyclic) bond motifs is 1. The Hall–Kier alpha value is -2.51. The maximum absolute atomic E-state index is 6.19. The average molecular weight is 464 g/mol. The zero-order valence-corrected chi connectivity index (χ0v) is 20.4. The molecule has 3 heterocycles. The SMILES string of the molecule is Cc1cccc(CN=Nc2cc(N3CCOCC3)cc(OCCN3CCC4CCCCC43)n2)c1. The van der Waals surface area contributed by atoms with Gasteiger partial charge in [-0.15, -0.1) is 5.11 Å². The number of rotatable bonds is 8. The zero-order chi connectivity index (χ0) is 23.2. The highest BCUT2D eigenvalue weighted by atomic mass is 16.5. The molecule has 0 radical (unpaired) electrons. The first-order valence-corrected chi connectivity index (χ1v) is 12.9. The maximum Gasteiger partial charge on any atom is 0.217 e. The van der Waals surface area contributed by atoms with E-state index in [1.165, 1.54) is 44.2 Å². The molecule has 182 valence electrons. The second-order valence-electron chi connectivity index (χ2n) is 9.79. The van der Waals surface area contributed by atoms with Crippen molar-refractivity contribution < 1.29 is 9.47 Å². The molecule has 1 aromatic heterocycles. The Morgan fingerprint density at radius 1 is 1.06 bits per heavy atom. The molecule has 0 bridgehead atoms. The first kappa shape index (κ1) is 23.2. The van der Waals surface area contributed by atoms with Crippen LogP contribution in [0.15, 0.2) is 46.6 Å². The van der Waals surface area contributed by atoms with Gasteiger partial charge in [-0.25, -0.2) is 0 Å². The summed E-state index contributed by atoms with van der Waals surface area (Å²) in [6.07, 6.45) is 6.88. The fraction of sp³-hybridized carbons (Fsp3) is 0.593. The van der Waals surface area contributed by atoms with Gasteiger partial charge in [0, 0.05) is 43.5 Å². The van der Waals surface area contributed by atoms with E-state index in [2.05, 4.69) is 56.2 Å². The van der Waals surface area contributed by atoms with E-state index in [4.69, 9.17) is 9.47 Å². The van der Waals surface area contributed by atoms with E-state index in [9.17, 15) is 0 Å². The number of hydrogen-bond acceptors (Lipinski definition) is 7. The lowest BCUT2D eigenvalue weighted by atomic mass is 9.85. The lowest BCUT2D eigenvalue weighted by Crippen LogP contribution is -2.37. The van der Waals surface area contributed by atoms with Gasteiger partial charge in [-0.2, -0.15) is 10.1 Å². The van der Waals surface area contributed by atoms with Crippen LogP contribution in [0.5, 0.6) is 5.88 Å². The van der Waals surface area contributed by atoms with Gasteiger partial charge in [-0.1, -0.05) is 42.7 Å². The van der Waals surface area contributed by atoms with Crippen LogP contribution in [-0.2, 0) is 11.3 Å². The molecule has 1 saturated carbocycles. The van der Waals surface area contributed by atoms with Gasteiger partial charge in [0.15, 0.2) is 5.82 Å². The smallest absolute Gasteiger partial charge is 0.217 e. The molecule has 2 aliphatic heterocycles. The summed E-state index contributed by atoms with van der Waals surface area (Å²) in [6.45, 7) is 8.66. The summed E-state index contributed by atoms with van der Waals surface area (Å²) in [5.41, 5.74) is 3.45. The third-order valence-electron chi connectivity index (χ3n) is 7.41. The van der Waals surface area contributed by atoms with Crippen LogP contribution in [0.3, 0.4) is 0 Å². The molecule has 1 aliphatic carbocycles. The number of benzene rings is 1. The summed E-state index contributed by atoms with van der Waals surface area (Å²) < 4.78 is 11.7. The second-order valence-corrected chi connectivity index (χ2v) is 9.79. The van der Waals surface area contributed by atoms with E-state index in [0.29, 0.717) is 24.8 Å². The van der Waals surface area contributed by atoms with Crippen molar-refractivity contribution in [2.24, 2.45) is 16.1 Å². The number of anilines is 1. The van der Waals surface area contributed by atoms with Gasteiger partial charge in [0.25, 0.3) is 0 Å². The Morgan fingerprint density at radius 2 is 1.94 bits per heavy atom. The Labute approximate surface area is 203 Å². The number of pyridine rings is 1. The van der Waals surface area contributed by atoms with Crippen LogP contribution in [0.1, 0.15) is 43.2 Å². The summed E-state index contributed by atoms with van der Waals surface area (Å²) in [5.74, 6) is 2.13. The summed E-state index contributed by atoms with van der Waals surface area (Å²) in [6, 6.07) is 13.2.